The Kier molecular flexibility index (Phi) is 5.40. The number of hydrogen-bond donors (Lipinski definition) is 4. The number of para-hydroxylation sites is 1. The fourth-order valence-corrected chi connectivity index (χ4v) is 3.20. The van der Waals surface area contributed by atoms with Gasteiger partial charge in [0.15, 0.2) is 0 Å². The number of nitrogen functional groups attached to an aromatic ring is 1. The van der Waals surface area contributed by atoms with Crippen molar-refractivity contribution in [3.8, 4) is 16.9 Å². The normalized spacial score (nSPS) is 18.7. The fourth-order valence-electron chi connectivity index (χ4n) is 3.20. The summed E-state index contributed by atoms with van der Waals surface area (Å²) in [7, 11) is 0. The Morgan fingerprint density at radius 3 is 2.59 bits per heavy atom. The predicted molar refractivity (Wildman–Crippen MR) is 101 cm³/mol. The lowest BCUT2D eigenvalue weighted by molar-refractivity contribution is -0.141. The molecule has 0 aliphatic carbocycles. The highest BCUT2D eigenvalue weighted by atomic mass is 16.5. The number of carboxylic acid groups (broad SMARTS) is 1. The maximum absolute atomic E-state index is 11.8. The third-order valence-corrected chi connectivity index (χ3v) is 4.69. The van der Waals surface area contributed by atoms with Gasteiger partial charge in [-0.25, -0.2) is 0 Å². The van der Waals surface area contributed by atoms with Crippen molar-refractivity contribution in [3.63, 3.8) is 0 Å². The van der Waals surface area contributed by atoms with E-state index in [1.165, 1.54) is 0 Å². The molecule has 0 radical (unpaired) electrons. The number of rotatable bonds is 7. The van der Waals surface area contributed by atoms with E-state index in [1.54, 1.807) is 12.1 Å². The van der Waals surface area contributed by atoms with Crippen LogP contribution in [0.3, 0.4) is 0 Å². The van der Waals surface area contributed by atoms with Crippen LogP contribution in [-0.2, 0) is 9.59 Å². The number of aliphatic carboxylic acids is 1. The van der Waals surface area contributed by atoms with E-state index in [0.717, 1.165) is 11.1 Å². The average Bonchev–Trinajstić information content (AvgIpc) is 2.99. The number of carbonyl (C=O) groups excluding carboxylic acids is 1. The number of nitrogens with two attached hydrogens (primary N) is 1. The van der Waals surface area contributed by atoms with Crippen LogP contribution in [0.5, 0.6) is 5.75 Å². The molecule has 3 rings (SSSR count). The molecular formula is C20H21N3O4. The van der Waals surface area contributed by atoms with Gasteiger partial charge in [-0.1, -0.05) is 42.5 Å². The molecule has 1 aliphatic heterocycles. The second kappa shape index (κ2) is 7.90. The molecule has 1 aliphatic rings. The van der Waals surface area contributed by atoms with Crippen molar-refractivity contribution in [1.29, 1.82) is 5.41 Å². The number of amides is 1. The van der Waals surface area contributed by atoms with E-state index in [-0.39, 0.29) is 30.7 Å². The van der Waals surface area contributed by atoms with Crippen molar-refractivity contribution in [2.24, 2.45) is 17.6 Å². The second-order valence-electron chi connectivity index (χ2n) is 6.51. The summed E-state index contributed by atoms with van der Waals surface area (Å²) in [5.41, 5.74) is 7.92. The zero-order valence-corrected chi connectivity index (χ0v) is 14.6. The van der Waals surface area contributed by atoms with E-state index >= 15 is 0 Å². The van der Waals surface area contributed by atoms with Crippen molar-refractivity contribution >= 4 is 17.7 Å². The van der Waals surface area contributed by atoms with Crippen molar-refractivity contribution in [3.05, 3.63) is 54.1 Å². The van der Waals surface area contributed by atoms with Gasteiger partial charge in [-0.05, 0) is 11.6 Å². The maximum Gasteiger partial charge on any atom is 0.304 e. The van der Waals surface area contributed by atoms with Crippen LogP contribution in [0.1, 0.15) is 12.0 Å². The molecule has 7 heteroatoms. The highest BCUT2D eigenvalue weighted by Crippen LogP contribution is 2.31. The van der Waals surface area contributed by atoms with E-state index in [0.29, 0.717) is 17.9 Å². The molecular weight excluding hydrogens is 346 g/mol. The Hall–Kier alpha value is -3.35. The zero-order chi connectivity index (χ0) is 19.4. The maximum atomic E-state index is 11.8. The van der Waals surface area contributed by atoms with Crippen molar-refractivity contribution in [2.45, 2.75) is 6.42 Å². The van der Waals surface area contributed by atoms with Gasteiger partial charge in [-0.3, -0.25) is 15.0 Å². The molecule has 7 nitrogen and oxygen atoms in total. The molecule has 2 unspecified atom stereocenters. The third kappa shape index (κ3) is 4.25. The minimum atomic E-state index is -0.993. The standard InChI is InChI=1S/C20H21N3O4/c21-19(22)13-7-5-12(6-8-13)15-3-1-2-4-17(15)27-11-14-10-23-20(26)16(14)9-18(24)25/h1-8,14,16H,9-11H2,(H3,21,22)(H,23,26)(H,24,25). The Bertz CT molecular complexity index is 864. The summed E-state index contributed by atoms with van der Waals surface area (Å²) in [6, 6.07) is 14.8. The SMILES string of the molecule is N=C(N)c1ccc(-c2ccccc2OCC2CNC(=O)C2CC(=O)O)cc1. The van der Waals surface area contributed by atoms with Gasteiger partial charge in [0.2, 0.25) is 5.91 Å². The summed E-state index contributed by atoms with van der Waals surface area (Å²) < 4.78 is 5.96. The van der Waals surface area contributed by atoms with Gasteiger partial charge in [0, 0.05) is 23.6 Å². The highest BCUT2D eigenvalue weighted by Gasteiger charge is 2.36. The summed E-state index contributed by atoms with van der Waals surface area (Å²) in [5, 5.41) is 19.2. The van der Waals surface area contributed by atoms with Gasteiger partial charge in [0.05, 0.1) is 18.9 Å². The first-order chi connectivity index (χ1) is 13.0. The van der Waals surface area contributed by atoms with E-state index in [1.807, 2.05) is 36.4 Å². The first-order valence-electron chi connectivity index (χ1n) is 8.62. The Labute approximate surface area is 156 Å². The molecule has 2 aromatic carbocycles. The number of nitrogens with one attached hydrogen (secondary N) is 2. The molecule has 0 bridgehead atoms. The van der Waals surface area contributed by atoms with Gasteiger partial charge in [-0.15, -0.1) is 0 Å². The van der Waals surface area contributed by atoms with E-state index in [9.17, 15) is 9.59 Å². The van der Waals surface area contributed by atoms with Crippen molar-refractivity contribution < 1.29 is 19.4 Å². The number of hydrogen-bond acceptors (Lipinski definition) is 4. The molecule has 2 aromatic rings. The summed E-state index contributed by atoms with van der Waals surface area (Å²) >= 11 is 0. The van der Waals surface area contributed by atoms with E-state index in [4.69, 9.17) is 21.0 Å². The minimum Gasteiger partial charge on any atom is -0.493 e. The molecule has 1 fully saturated rings. The van der Waals surface area contributed by atoms with Gasteiger partial charge < -0.3 is 20.9 Å². The first kappa shape index (κ1) is 18.4. The van der Waals surface area contributed by atoms with Crippen LogP contribution in [0, 0.1) is 17.2 Å². The molecule has 5 N–H and O–H groups in total. The lowest BCUT2D eigenvalue weighted by Gasteiger charge is -2.18. The molecule has 140 valence electrons. The molecule has 0 saturated carbocycles. The number of ether oxygens (including phenoxy) is 1. The number of amidine groups is 1. The first-order valence-corrected chi connectivity index (χ1v) is 8.62. The molecule has 0 aromatic heterocycles. The van der Waals surface area contributed by atoms with Crippen molar-refractivity contribution in [2.75, 3.05) is 13.2 Å². The number of carboxylic acids is 1. The van der Waals surface area contributed by atoms with Crippen LogP contribution >= 0.6 is 0 Å². The van der Waals surface area contributed by atoms with Gasteiger partial charge in [0.25, 0.3) is 0 Å². The van der Waals surface area contributed by atoms with Gasteiger partial charge in [0.1, 0.15) is 11.6 Å². The fraction of sp³-hybridized carbons (Fsp3) is 0.250. The average molecular weight is 367 g/mol. The van der Waals surface area contributed by atoms with Crippen LogP contribution in [-0.4, -0.2) is 36.0 Å². The van der Waals surface area contributed by atoms with Gasteiger partial charge in [-0.2, -0.15) is 0 Å². The third-order valence-electron chi connectivity index (χ3n) is 4.69. The zero-order valence-electron chi connectivity index (χ0n) is 14.6. The second-order valence-corrected chi connectivity index (χ2v) is 6.51. The Balaban J connectivity index is 1.75. The topological polar surface area (TPSA) is 126 Å². The molecule has 1 saturated heterocycles. The molecule has 0 spiro atoms. The summed E-state index contributed by atoms with van der Waals surface area (Å²) in [5.74, 6) is -1.34. The molecule has 2 atom stereocenters. The molecule has 27 heavy (non-hydrogen) atoms. The summed E-state index contributed by atoms with van der Waals surface area (Å²) in [4.78, 5) is 22.8. The predicted octanol–water partition coefficient (Wildman–Crippen LogP) is 1.85. The van der Waals surface area contributed by atoms with E-state index < -0.39 is 11.9 Å². The molecule has 1 heterocycles. The highest BCUT2D eigenvalue weighted by molar-refractivity contribution is 5.95. The van der Waals surface area contributed by atoms with E-state index in [2.05, 4.69) is 5.32 Å². The Morgan fingerprint density at radius 2 is 1.93 bits per heavy atom. The van der Waals surface area contributed by atoms with Crippen LogP contribution in [0.4, 0.5) is 0 Å². The van der Waals surface area contributed by atoms with Crippen LogP contribution in [0.2, 0.25) is 0 Å². The van der Waals surface area contributed by atoms with Gasteiger partial charge >= 0.3 is 5.97 Å². The largest absolute Gasteiger partial charge is 0.493 e. The van der Waals surface area contributed by atoms with Crippen LogP contribution < -0.4 is 15.8 Å². The smallest absolute Gasteiger partial charge is 0.304 e. The lowest BCUT2D eigenvalue weighted by Crippen LogP contribution is -2.25. The number of carbonyl (C=O) groups is 2. The van der Waals surface area contributed by atoms with Crippen LogP contribution in [0.25, 0.3) is 11.1 Å². The number of benzene rings is 2. The van der Waals surface area contributed by atoms with Crippen LogP contribution in [0.15, 0.2) is 48.5 Å². The monoisotopic (exact) mass is 367 g/mol. The lowest BCUT2D eigenvalue weighted by atomic mass is 9.93. The quantitative estimate of drug-likeness (QED) is 0.439. The summed E-state index contributed by atoms with van der Waals surface area (Å²) in [6.07, 6.45) is -0.200. The molecule has 1 amide bonds. The Morgan fingerprint density at radius 1 is 1.22 bits per heavy atom. The summed E-state index contributed by atoms with van der Waals surface area (Å²) in [6.45, 7) is 0.658. The van der Waals surface area contributed by atoms with Crippen molar-refractivity contribution in [1.82, 2.24) is 5.32 Å². The minimum absolute atomic E-state index is 0.00829.